The van der Waals surface area contributed by atoms with Crippen LogP contribution in [0.5, 0.6) is 5.88 Å². The van der Waals surface area contributed by atoms with Gasteiger partial charge in [-0.15, -0.1) is 0 Å². The average molecular weight is 351 g/mol. The molecule has 1 saturated heterocycles. The minimum absolute atomic E-state index is 0.0496. The summed E-state index contributed by atoms with van der Waals surface area (Å²) < 4.78 is 5.73. The number of amides is 1. The molecule has 1 N–H and O–H groups in total. The SMILES string of the molecule is C[C@H]1CN(C2CC2)C[C@H]1NC(=O)c1ccnc(OCc2ccccc2)c1. The van der Waals surface area contributed by atoms with Gasteiger partial charge in [0.1, 0.15) is 6.61 Å². The molecule has 2 aliphatic rings. The quantitative estimate of drug-likeness (QED) is 0.869. The summed E-state index contributed by atoms with van der Waals surface area (Å²) in [4.78, 5) is 19.4. The van der Waals surface area contributed by atoms with Crippen molar-refractivity contribution < 1.29 is 9.53 Å². The summed E-state index contributed by atoms with van der Waals surface area (Å²) in [6.07, 6.45) is 4.24. The molecule has 5 heteroatoms. The van der Waals surface area contributed by atoms with Crippen molar-refractivity contribution in [2.75, 3.05) is 13.1 Å². The fourth-order valence-corrected chi connectivity index (χ4v) is 3.54. The number of carbonyl (C=O) groups is 1. The lowest BCUT2D eigenvalue weighted by Gasteiger charge is -2.17. The van der Waals surface area contributed by atoms with Crippen LogP contribution in [0.3, 0.4) is 0 Å². The summed E-state index contributed by atoms with van der Waals surface area (Å²) in [6.45, 7) is 4.70. The Balaban J connectivity index is 1.35. The van der Waals surface area contributed by atoms with Gasteiger partial charge in [-0.05, 0) is 30.4 Å². The molecule has 1 aromatic carbocycles. The maximum Gasteiger partial charge on any atom is 0.251 e. The molecule has 2 aromatic rings. The van der Waals surface area contributed by atoms with Crippen molar-refractivity contribution in [1.29, 1.82) is 0 Å². The van der Waals surface area contributed by atoms with E-state index in [1.807, 2.05) is 30.3 Å². The Morgan fingerprint density at radius 2 is 2.04 bits per heavy atom. The van der Waals surface area contributed by atoms with Gasteiger partial charge in [0.05, 0.1) is 0 Å². The fraction of sp³-hybridized carbons (Fsp3) is 0.429. The van der Waals surface area contributed by atoms with E-state index >= 15 is 0 Å². The second-order valence-electron chi connectivity index (χ2n) is 7.40. The Morgan fingerprint density at radius 1 is 1.23 bits per heavy atom. The molecule has 0 radical (unpaired) electrons. The molecule has 1 amide bonds. The highest BCUT2D eigenvalue weighted by atomic mass is 16.5. The van der Waals surface area contributed by atoms with Gasteiger partial charge in [0.15, 0.2) is 0 Å². The smallest absolute Gasteiger partial charge is 0.251 e. The normalized spacial score (nSPS) is 23.0. The van der Waals surface area contributed by atoms with Gasteiger partial charge < -0.3 is 10.1 Å². The van der Waals surface area contributed by atoms with Crippen LogP contribution in [-0.2, 0) is 6.61 Å². The van der Waals surface area contributed by atoms with Gasteiger partial charge in [-0.2, -0.15) is 0 Å². The van der Waals surface area contributed by atoms with Gasteiger partial charge in [0, 0.05) is 43.0 Å². The van der Waals surface area contributed by atoms with Crippen molar-refractivity contribution in [2.24, 2.45) is 5.92 Å². The molecule has 2 fully saturated rings. The molecule has 0 bridgehead atoms. The van der Waals surface area contributed by atoms with Crippen LogP contribution in [0.2, 0.25) is 0 Å². The number of carbonyl (C=O) groups excluding carboxylic acids is 1. The molecule has 4 rings (SSSR count). The zero-order chi connectivity index (χ0) is 17.9. The second kappa shape index (κ2) is 7.46. The molecule has 136 valence electrons. The lowest BCUT2D eigenvalue weighted by atomic mass is 10.1. The van der Waals surface area contributed by atoms with E-state index in [0.29, 0.717) is 24.0 Å². The molecule has 2 heterocycles. The van der Waals surface area contributed by atoms with Crippen LogP contribution in [0.4, 0.5) is 0 Å². The number of nitrogens with zero attached hydrogens (tertiary/aromatic N) is 2. The van der Waals surface area contributed by atoms with Crippen molar-refractivity contribution in [1.82, 2.24) is 15.2 Å². The zero-order valence-electron chi connectivity index (χ0n) is 15.1. The Labute approximate surface area is 154 Å². The number of aromatic nitrogens is 1. The highest BCUT2D eigenvalue weighted by molar-refractivity contribution is 5.94. The molecule has 2 atom stereocenters. The van der Waals surface area contributed by atoms with E-state index in [1.54, 1.807) is 18.3 Å². The standard InChI is InChI=1S/C21H25N3O2/c1-15-12-24(18-7-8-18)13-19(15)23-21(25)17-9-10-22-20(11-17)26-14-16-5-3-2-4-6-16/h2-6,9-11,15,18-19H,7-8,12-14H2,1H3,(H,23,25)/t15-,19+/m0/s1. The third kappa shape index (κ3) is 4.05. The third-order valence-corrected chi connectivity index (χ3v) is 5.25. The largest absolute Gasteiger partial charge is 0.473 e. The summed E-state index contributed by atoms with van der Waals surface area (Å²) in [5.74, 6) is 0.905. The number of pyridine rings is 1. The first kappa shape index (κ1) is 17.0. The minimum atomic E-state index is -0.0496. The van der Waals surface area contributed by atoms with Crippen molar-refractivity contribution in [3.63, 3.8) is 0 Å². The minimum Gasteiger partial charge on any atom is -0.473 e. The van der Waals surface area contributed by atoms with Crippen molar-refractivity contribution in [3.8, 4) is 5.88 Å². The molecule has 5 nitrogen and oxygen atoms in total. The number of hydrogen-bond acceptors (Lipinski definition) is 4. The van der Waals surface area contributed by atoms with Crippen LogP contribution < -0.4 is 10.1 Å². The molecular weight excluding hydrogens is 326 g/mol. The molecule has 1 aliphatic carbocycles. The first-order valence-corrected chi connectivity index (χ1v) is 9.37. The topological polar surface area (TPSA) is 54.5 Å². The summed E-state index contributed by atoms with van der Waals surface area (Å²) in [5, 5.41) is 3.19. The van der Waals surface area contributed by atoms with Crippen LogP contribution in [0.15, 0.2) is 48.7 Å². The predicted molar refractivity (Wildman–Crippen MR) is 100 cm³/mol. The van der Waals surface area contributed by atoms with Crippen LogP contribution in [0.25, 0.3) is 0 Å². The van der Waals surface area contributed by atoms with E-state index in [0.717, 1.165) is 24.7 Å². The maximum absolute atomic E-state index is 12.7. The van der Waals surface area contributed by atoms with Crippen molar-refractivity contribution in [2.45, 2.75) is 38.5 Å². The zero-order valence-corrected chi connectivity index (χ0v) is 15.1. The average Bonchev–Trinajstić information content (AvgIpc) is 3.46. The molecule has 26 heavy (non-hydrogen) atoms. The number of nitrogens with one attached hydrogen (secondary N) is 1. The third-order valence-electron chi connectivity index (χ3n) is 5.25. The number of rotatable bonds is 6. The lowest BCUT2D eigenvalue weighted by Crippen LogP contribution is -2.40. The summed E-state index contributed by atoms with van der Waals surface area (Å²) >= 11 is 0. The van der Waals surface area contributed by atoms with Gasteiger partial charge in [-0.25, -0.2) is 4.98 Å². The van der Waals surface area contributed by atoms with Gasteiger partial charge in [-0.3, -0.25) is 9.69 Å². The van der Waals surface area contributed by atoms with Crippen molar-refractivity contribution in [3.05, 3.63) is 59.8 Å². The van der Waals surface area contributed by atoms with Gasteiger partial charge in [-0.1, -0.05) is 37.3 Å². The van der Waals surface area contributed by atoms with E-state index < -0.39 is 0 Å². The molecule has 0 unspecified atom stereocenters. The number of hydrogen-bond donors (Lipinski definition) is 1. The van der Waals surface area contributed by atoms with Crippen LogP contribution in [0, 0.1) is 5.92 Å². The van der Waals surface area contributed by atoms with Gasteiger partial charge in [0.2, 0.25) is 5.88 Å². The molecular formula is C21H25N3O2. The van der Waals surface area contributed by atoms with Crippen molar-refractivity contribution >= 4 is 5.91 Å². The van der Waals surface area contributed by atoms with E-state index in [1.165, 1.54) is 12.8 Å². The molecule has 0 spiro atoms. The second-order valence-corrected chi connectivity index (χ2v) is 7.40. The van der Waals surface area contributed by atoms with Gasteiger partial charge >= 0.3 is 0 Å². The predicted octanol–water partition coefficient (Wildman–Crippen LogP) is 2.87. The maximum atomic E-state index is 12.7. The highest BCUT2D eigenvalue weighted by Gasteiger charge is 2.38. The number of likely N-dealkylation sites (tertiary alicyclic amines) is 1. The lowest BCUT2D eigenvalue weighted by molar-refractivity contribution is 0.0930. The Hall–Kier alpha value is -2.40. The number of benzene rings is 1. The fourth-order valence-electron chi connectivity index (χ4n) is 3.54. The summed E-state index contributed by atoms with van der Waals surface area (Å²) in [5.41, 5.74) is 1.67. The monoisotopic (exact) mass is 351 g/mol. The van der Waals surface area contributed by atoms with Crippen LogP contribution in [0.1, 0.15) is 35.7 Å². The molecule has 1 aromatic heterocycles. The number of ether oxygens (including phenoxy) is 1. The summed E-state index contributed by atoms with van der Waals surface area (Å²) in [6, 6.07) is 14.4. The van der Waals surface area contributed by atoms with E-state index in [2.05, 4.69) is 22.1 Å². The van der Waals surface area contributed by atoms with E-state index in [9.17, 15) is 4.79 Å². The molecule has 1 aliphatic heterocycles. The van der Waals surface area contributed by atoms with E-state index in [-0.39, 0.29) is 11.9 Å². The Bertz CT molecular complexity index is 761. The van der Waals surface area contributed by atoms with Gasteiger partial charge in [0.25, 0.3) is 5.91 Å². The summed E-state index contributed by atoms with van der Waals surface area (Å²) in [7, 11) is 0. The highest BCUT2D eigenvalue weighted by Crippen LogP contribution is 2.31. The van der Waals surface area contributed by atoms with E-state index in [4.69, 9.17) is 4.74 Å². The van der Waals surface area contributed by atoms with Crippen LogP contribution >= 0.6 is 0 Å². The first-order valence-electron chi connectivity index (χ1n) is 9.37. The first-order chi connectivity index (χ1) is 12.7. The van der Waals surface area contributed by atoms with Crippen LogP contribution in [-0.4, -0.2) is 41.0 Å². The Morgan fingerprint density at radius 3 is 2.81 bits per heavy atom. The molecule has 1 saturated carbocycles. The Kier molecular flexibility index (Phi) is 4.89.